The average molecular weight is 564 g/mol. The number of hydrogen-bond acceptors (Lipinski definition) is 2. The molecule has 0 aliphatic carbocycles. The molecule has 4 aromatic rings. The number of hydrogen-bond donors (Lipinski definition) is 1. The summed E-state index contributed by atoms with van der Waals surface area (Å²) in [6, 6.07) is 25.0. The minimum Gasteiger partial charge on any atom is -0.486 e. The summed E-state index contributed by atoms with van der Waals surface area (Å²) in [4.78, 5) is 2.84. The summed E-state index contributed by atoms with van der Waals surface area (Å²) in [5.74, 6) is -4.48. The fourth-order valence-corrected chi connectivity index (χ4v) is 6.07. The maximum Gasteiger partial charge on any atom is 0.450 e. The Morgan fingerprint density at radius 1 is 0.553 bits per heavy atom. The van der Waals surface area contributed by atoms with Gasteiger partial charge in [-0.3, -0.25) is 0 Å². The molecule has 2 nitrogen and oxygen atoms in total. The van der Waals surface area contributed by atoms with Crippen LogP contribution in [0.1, 0.15) is 22.6 Å². The highest BCUT2D eigenvalue weighted by Gasteiger charge is 2.55. The lowest BCUT2D eigenvalue weighted by molar-refractivity contribution is -0.178. The molecule has 0 saturated carbocycles. The minimum atomic E-state index is -5.97. The lowest BCUT2D eigenvalue weighted by atomic mass is 10.1. The highest BCUT2D eigenvalue weighted by molar-refractivity contribution is 8.17. The second-order valence-corrected chi connectivity index (χ2v) is 10.1. The van der Waals surface area contributed by atoms with Crippen LogP contribution in [0.4, 0.5) is 39.5 Å². The van der Waals surface area contributed by atoms with Crippen molar-refractivity contribution in [3.05, 3.63) is 108 Å². The molecule has 0 saturated heterocycles. The quantitative estimate of drug-likeness (QED) is 0.186. The van der Waals surface area contributed by atoms with Crippen molar-refractivity contribution in [2.75, 3.05) is 0 Å². The van der Waals surface area contributed by atoms with E-state index in [2.05, 4.69) is 4.42 Å². The normalized spacial score (nSPS) is 12.9. The molecule has 202 valence electrons. The van der Waals surface area contributed by atoms with E-state index in [1.807, 2.05) is 60.7 Å². The highest BCUT2D eigenvalue weighted by atomic mass is 32.2. The molecule has 12 heteroatoms. The first-order valence-electron chi connectivity index (χ1n) is 10.8. The maximum atomic E-state index is 13.4. The van der Waals surface area contributed by atoms with Gasteiger partial charge in [0.05, 0.1) is 0 Å². The van der Waals surface area contributed by atoms with Gasteiger partial charge in [0.2, 0.25) is 5.76 Å². The van der Waals surface area contributed by atoms with Gasteiger partial charge >= 0.3 is 18.5 Å². The SMILES string of the molecule is FC(F)(F)c1oc(COc2ccc([SH](c3ccccc3)c3ccccc3)cc2)c(C(F)(F)F)c1C(F)(F)F. The molecule has 0 spiro atoms. The van der Waals surface area contributed by atoms with Crippen LogP contribution in [-0.2, 0) is 25.1 Å². The lowest BCUT2D eigenvalue weighted by Crippen LogP contribution is -2.20. The van der Waals surface area contributed by atoms with Crippen molar-refractivity contribution >= 4 is 10.9 Å². The van der Waals surface area contributed by atoms with Crippen molar-refractivity contribution < 1.29 is 48.7 Å². The van der Waals surface area contributed by atoms with E-state index < -0.39 is 58.7 Å². The number of thiol groups is 1. The van der Waals surface area contributed by atoms with Gasteiger partial charge in [-0.05, 0) is 63.2 Å². The fourth-order valence-electron chi connectivity index (χ4n) is 3.79. The Morgan fingerprint density at radius 3 is 1.42 bits per heavy atom. The van der Waals surface area contributed by atoms with Crippen LogP contribution in [0.25, 0.3) is 0 Å². The predicted molar refractivity (Wildman–Crippen MR) is 121 cm³/mol. The van der Waals surface area contributed by atoms with Crippen molar-refractivity contribution in [2.45, 2.75) is 39.8 Å². The van der Waals surface area contributed by atoms with E-state index >= 15 is 0 Å². The second kappa shape index (κ2) is 10.3. The van der Waals surface area contributed by atoms with Gasteiger partial charge in [0.1, 0.15) is 23.5 Å². The molecule has 0 N–H and O–H groups in total. The smallest absolute Gasteiger partial charge is 0.450 e. The lowest BCUT2D eigenvalue weighted by Gasteiger charge is -2.23. The van der Waals surface area contributed by atoms with Gasteiger partial charge in [0, 0.05) is 0 Å². The Hall–Kier alpha value is -3.54. The predicted octanol–water partition coefficient (Wildman–Crippen LogP) is 9.39. The molecule has 0 radical (unpaired) electrons. The fraction of sp³-hybridized carbons (Fsp3) is 0.154. The topological polar surface area (TPSA) is 22.4 Å². The number of halogens is 9. The van der Waals surface area contributed by atoms with E-state index in [4.69, 9.17) is 4.74 Å². The first kappa shape index (κ1) is 27.5. The van der Waals surface area contributed by atoms with Crippen LogP contribution in [0.3, 0.4) is 0 Å². The van der Waals surface area contributed by atoms with Crippen LogP contribution in [0.15, 0.2) is 104 Å². The third-order valence-electron chi connectivity index (χ3n) is 5.30. The highest BCUT2D eigenvalue weighted by Crippen LogP contribution is 2.52. The Balaban J connectivity index is 1.65. The van der Waals surface area contributed by atoms with E-state index in [0.717, 1.165) is 14.7 Å². The van der Waals surface area contributed by atoms with Gasteiger partial charge in [-0.2, -0.15) is 50.4 Å². The number of rotatable bonds is 6. The van der Waals surface area contributed by atoms with Crippen LogP contribution >= 0.6 is 10.9 Å². The molecule has 0 bridgehead atoms. The minimum absolute atomic E-state index is 0.0727. The van der Waals surface area contributed by atoms with Gasteiger partial charge in [0.15, 0.2) is 5.76 Å². The monoisotopic (exact) mass is 564 g/mol. The molecule has 3 aromatic carbocycles. The first-order valence-corrected chi connectivity index (χ1v) is 12.1. The van der Waals surface area contributed by atoms with E-state index in [9.17, 15) is 39.5 Å². The summed E-state index contributed by atoms with van der Waals surface area (Å²) in [6.45, 7) is -1.31. The molecule has 0 amide bonds. The summed E-state index contributed by atoms with van der Waals surface area (Å²) >= 11 is 0. The molecule has 0 atom stereocenters. The molecule has 1 heterocycles. The third-order valence-corrected chi connectivity index (χ3v) is 7.74. The summed E-state index contributed by atoms with van der Waals surface area (Å²) in [7, 11) is -1.03. The summed E-state index contributed by atoms with van der Waals surface area (Å²) in [5.41, 5.74) is -5.49. The second-order valence-electron chi connectivity index (χ2n) is 7.89. The van der Waals surface area contributed by atoms with Crippen molar-refractivity contribution in [2.24, 2.45) is 0 Å². The van der Waals surface area contributed by atoms with Gasteiger partial charge in [-0.15, -0.1) is 0 Å². The summed E-state index contributed by atoms with van der Waals surface area (Å²) < 4.78 is 129. The van der Waals surface area contributed by atoms with Crippen LogP contribution in [0.2, 0.25) is 0 Å². The van der Waals surface area contributed by atoms with Crippen molar-refractivity contribution in [1.82, 2.24) is 0 Å². The van der Waals surface area contributed by atoms with Gasteiger partial charge in [-0.1, -0.05) is 36.4 Å². The molecule has 4 rings (SSSR count). The molecule has 0 fully saturated rings. The number of ether oxygens (including phenoxy) is 1. The van der Waals surface area contributed by atoms with Crippen LogP contribution in [-0.4, -0.2) is 0 Å². The van der Waals surface area contributed by atoms with Crippen molar-refractivity contribution in [3.63, 3.8) is 0 Å². The average Bonchev–Trinajstić information content (AvgIpc) is 3.27. The first-order chi connectivity index (χ1) is 17.8. The Kier molecular flexibility index (Phi) is 7.46. The van der Waals surface area contributed by atoms with E-state index in [1.165, 1.54) is 12.1 Å². The van der Waals surface area contributed by atoms with E-state index in [0.29, 0.717) is 0 Å². The number of furan rings is 1. The zero-order chi connectivity index (χ0) is 27.7. The molecule has 0 unspecified atom stereocenters. The van der Waals surface area contributed by atoms with E-state index in [1.54, 1.807) is 12.1 Å². The zero-order valence-electron chi connectivity index (χ0n) is 19.0. The van der Waals surface area contributed by atoms with Crippen LogP contribution in [0.5, 0.6) is 5.75 Å². The van der Waals surface area contributed by atoms with Crippen molar-refractivity contribution in [3.8, 4) is 5.75 Å². The van der Waals surface area contributed by atoms with Gasteiger partial charge in [0.25, 0.3) is 0 Å². The molecular formula is C26H17F9O2S. The van der Waals surface area contributed by atoms with Gasteiger partial charge < -0.3 is 9.15 Å². The molecule has 0 aliphatic heterocycles. The van der Waals surface area contributed by atoms with Crippen molar-refractivity contribution in [1.29, 1.82) is 0 Å². The zero-order valence-corrected chi connectivity index (χ0v) is 19.8. The summed E-state index contributed by atoms with van der Waals surface area (Å²) in [6.07, 6.45) is -17.6. The third kappa shape index (κ3) is 5.95. The molecular weight excluding hydrogens is 547 g/mol. The molecule has 0 aliphatic rings. The molecule has 38 heavy (non-hydrogen) atoms. The summed E-state index contributed by atoms with van der Waals surface area (Å²) in [5, 5.41) is 0. The van der Waals surface area contributed by atoms with Crippen LogP contribution in [0, 0.1) is 0 Å². The number of benzene rings is 3. The number of alkyl halides is 9. The standard InChI is InChI=1S/C26H17F9O2S/c27-24(28,29)21-20(37-23(26(33,34)35)22(21)25(30,31)32)15-36-16-11-13-19(14-12-16)38(17-7-3-1-4-8-17)18-9-5-2-6-10-18/h1-14,38H,15H2. The Labute approximate surface area is 213 Å². The van der Waals surface area contributed by atoms with Gasteiger partial charge in [-0.25, -0.2) is 0 Å². The largest absolute Gasteiger partial charge is 0.486 e. The van der Waals surface area contributed by atoms with Crippen LogP contribution < -0.4 is 4.74 Å². The maximum absolute atomic E-state index is 13.4. The Bertz CT molecular complexity index is 1320. The van der Waals surface area contributed by atoms with E-state index in [-0.39, 0.29) is 5.75 Å². The molecule has 1 aromatic heterocycles. The Morgan fingerprint density at radius 2 is 1.00 bits per heavy atom.